The van der Waals surface area contributed by atoms with E-state index in [2.05, 4.69) is 27.3 Å². The Kier molecular flexibility index (Phi) is 3.69. The Hall–Kier alpha value is -0.780. The molecule has 19 heavy (non-hydrogen) atoms. The van der Waals surface area contributed by atoms with Crippen molar-refractivity contribution in [3.8, 4) is 11.5 Å². The number of aliphatic hydroxyl groups is 1. The lowest BCUT2D eigenvalue weighted by Crippen LogP contribution is -2.47. The van der Waals surface area contributed by atoms with Crippen molar-refractivity contribution in [2.75, 3.05) is 33.4 Å². The number of rotatable bonds is 2. The van der Waals surface area contributed by atoms with Gasteiger partial charge >= 0.3 is 0 Å². The van der Waals surface area contributed by atoms with Crippen LogP contribution in [0.3, 0.4) is 0 Å². The largest absolute Gasteiger partial charge is 0.496 e. The van der Waals surface area contributed by atoms with Crippen molar-refractivity contribution in [3.05, 3.63) is 22.2 Å². The van der Waals surface area contributed by atoms with E-state index in [0.29, 0.717) is 18.4 Å². The summed E-state index contributed by atoms with van der Waals surface area (Å²) in [6.45, 7) is 2.69. The average molecular weight is 328 g/mol. The molecule has 2 N–H and O–H groups in total. The lowest BCUT2D eigenvalue weighted by Gasteiger charge is -2.42. The number of halogens is 1. The molecule has 4 nitrogen and oxygen atoms in total. The maximum atomic E-state index is 9.50. The highest BCUT2D eigenvalue weighted by Crippen LogP contribution is 2.45. The summed E-state index contributed by atoms with van der Waals surface area (Å²) in [5, 5.41) is 12.9. The predicted molar refractivity (Wildman–Crippen MR) is 75.9 cm³/mol. The number of hydrogen-bond donors (Lipinski definition) is 2. The van der Waals surface area contributed by atoms with Gasteiger partial charge in [-0.05, 0) is 28.1 Å². The maximum Gasteiger partial charge on any atom is 0.133 e. The van der Waals surface area contributed by atoms with E-state index in [0.717, 1.165) is 29.1 Å². The van der Waals surface area contributed by atoms with Crippen molar-refractivity contribution in [1.29, 1.82) is 0 Å². The van der Waals surface area contributed by atoms with Gasteiger partial charge < -0.3 is 19.9 Å². The monoisotopic (exact) mass is 327 g/mol. The number of methoxy groups -OCH3 is 1. The molecular formula is C14H18BrNO3. The van der Waals surface area contributed by atoms with Crippen LogP contribution in [0.25, 0.3) is 0 Å². The van der Waals surface area contributed by atoms with Crippen LogP contribution in [0.2, 0.25) is 0 Å². The highest BCUT2D eigenvalue weighted by atomic mass is 79.9. The fraction of sp³-hybridized carbons (Fsp3) is 0.571. The van der Waals surface area contributed by atoms with Crippen LogP contribution in [-0.4, -0.2) is 38.5 Å². The number of fused-ring (bicyclic) bond motifs is 3. The summed E-state index contributed by atoms with van der Waals surface area (Å²) in [4.78, 5) is 0. The number of hydrogen-bond acceptors (Lipinski definition) is 4. The first-order valence-corrected chi connectivity index (χ1v) is 7.35. The van der Waals surface area contributed by atoms with Crippen molar-refractivity contribution >= 4 is 15.9 Å². The van der Waals surface area contributed by atoms with Gasteiger partial charge in [-0.15, -0.1) is 0 Å². The van der Waals surface area contributed by atoms with Crippen molar-refractivity contribution in [2.45, 2.75) is 5.92 Å². The van der Waals surface area contributed by atoms with Gasteiger partial charge in [0, 0.05) is 43.0 Å². The third kappa shape index (κ3) is 2.24. The molecule has 0 bridgehead atoms. The minimum atomic E-state index is 0.209. The molecule has 1 fully saturated rings. The molecule has 5 heteroatoms. The molecule has 1 aromatic rings. The molecule has 0 radical (unpaired) electrons. The van der Waals surface area contributed by atoms with Gasteiger partial charge in [0.05, 0.1) is 18.2 Å². The second-order valence-corrected chi connectivity index (χ2v) is 6.06. The first kappa shape index (κ1) is 13.2. The van der Waals surface area contributed by atoms with Crippen molar-refractivity contribution in [2.24, 2.45) is 11.8 Å². The molecule has 1 aromatic carbocycles. The second kappa shape index (κ2) is 5.31. The highest BCUT2D eigenvalue weighted by molar-refractivity contribution is 9.10. The maximum absolute atomic E-state index is 9.50. The van der Waals surface area contributed by atoms with Crippen LogP contribution in [0.15, 0.2) is 16.6 Å². The van der Waals surface area contributed by atoms with Crippen molar-refractivity contribution in [1.82, 2.24) is 5.32 Å². The van der Waals surface area contributed by atoms with E-state index in [1.807, 2.05) is 6.07 Å². The van der Waals surface area contributed by atoms with E-state index in [-0.39, 0.29) is 12.5 Å². The Bertz CT molecular complexity index is 480. The Balaban J connectivity index is 1.99. The van der Waals surface area contributed by atoms with E-state index in [1.54, 1.807) is 7.11 Å². The third-order valence-corrected chi connectivity index (χ3v) is 4.86. The van der Waals surface area contributed by atoms with Gasteiger partial charge in [-0.3, -0.25) is 0 Å². The van der Waals surface area contributed by atoms with Gasteiger partial charge in [-0.1, -0.05) is 0 Å². The van der Waals surface area contributed by atoms with Gasteiger partial charge in [0.1, 0.15) is 11.5 Å². The number of piperidine rings is 1. The standard InChI is InChI=1S/C14H18BrNO3/c1-18-14-2-9-10-5-16-4-8(6-17)11(10)7-19-13(9)3-12(14)15/h2-3,8,10-11,16-17H,4-7H2,1H3/t8-,10+,11-/m1/s1. The first-order valence-electron chi connectivity index (χ1n) is 6.56. The highest BCUT2D eigenvalue weighted by Gasteiger charge is 2.39. The molecule has 1 saturated heterocycles. The van der Waals surface area contributed by atoms with E-state index in [9.17, 15) is 5.11 Å². The molecule has 3 rings (SSSR count). The van der Waals surface area contributed by atoms with Crippen LogP contribution >= 0.6 is 15.9 Å². The van der Waals surface area contributed by atoms with Crippen LogP contribution in [-0.2, 0) is 0 Å². The minimum Gasteiger partial charge on any atom is -0.496 e. The summed E-state index contributed by atoms with van der Waals surface area (Å²) in [6, 6.07) is 4.03. The van der Waals surface area contributed by atoms with E-state index in [1.165, 1.54) is 5.56 Å². The van der Waals surface area contributed by atoms with Crippen LogP contribution in [0.4, 0.5) is 0 Å². The van der Waals surface area contributed by atoms with E-state index in [4.69, 9.17) is 9.47 Å². The zero-order valence-corrected chi connectivity index (χ0v) is 12.4. The molecule has 0 unspecified atom stereocenters. The quantitative estimate of drug-likeness (QED) is 0.869. The molecule has 0 aliphatic carbocycles. The zero-order chi connectivity index (χ0) is 13.4. The van der Waals surface area contributed by atoms with Gasteiger partial charge in [-0.2, -0.15) is 0 Å². The van der Waals surface area contributed by atoms with Crippen LogP contribution in [0.1, 0.15) is 11.5 Å². The third-order valence-electron chi connectivity index (χ3n) is 4.24. The SMILES string of the molecule is COc1cc2c(cc1Br)OC[C@@H]1[C@@H](CO)CNC[C@@H]21. The fourth-order valence-electron chi connectivity index (χ4n) is 3.16. The summed E-state index contributed by atoms with van der Waals surface area (Å²) in [6.07, 6.45) is 0. The number of nitrogens with one attached hydrogen (secondary N) is 1. The lowest BCUT2D eigenvalue weighted by atomic mass is 9.74. The van der Waals surface area contributed by atoms with Crippen LogP contribution in [0, 0.1) is 11.8 Å². The Morgan fingerprint density at radius 1 is 1.47 bits per heavy atom. The average Bonchev–Trinajstić information content (AvgIpc) is 2.45. The number of aliphatic hydroxyl groups excluding tert-OH is 1. The molecule has 2 aliphatic rings. The molecule has 0 aromatic heterocycles. The topological polar surface area (TPSA) is 50.7 Å². The first-order chi connectivity index (χ1) is 9.24. The summed E-state index contributed by atoms with van der Waals surface area (Å²) in [5.41, 5.74) is 1.18. The smallest absolute Gasteiger partial charge is 0.133 e. The summed E-state index contributed by atoms with van der Waals surface area (Å²) in [7, 11) is 1.67. The van der Waals surface area contributed by atoms with Crippen LogP contribution in [0.5, 0.6) is 11.5 Å². The van der Waals surface area contributed by atoms with Gasteiger partial charge in [0.15, 0.2) is 0 Å². The Morgan fingerprint density at radius 3 is 3.05 bits per heavy atom. The molecular weight excluding hydrogens is 310 g/mol. The van der Waals surface area contributed by atoms with E-state index >= 15 is 0 Å². The molecule has 0 spiro atoms. The predicted octanol–water partition coefficient (Wildman–Crippen LogP) is 1.76. The van der Waals surface area contributed by atoms with Gasteiger partial charge in [0.25, 0.3) is 0 Å². The molecule has 104 valence electrons. The Labute approximate surface area is 121 Å². The molecule has 0 amide bonds. The summed E-state index contributed by atoms with van der Waals surface area (Å²) in [5.74, 6) is 2.78. The van der Waals surface area contributed by atoms with Crippen LogP contribution < -0.4 is 14.8 Å². The zero-order valence-electron chi connectivity index (χ0n) is 10.9. The Morgan fingerprint density at radius 2 is 2.32 bits per heavy atom. The molecule has 2 heterocycles. The van der Waals surface area contributed by atoms with Gasteiger partial charge in [0.2, 0.25) is 0 Å². The van der Waals surface area contributed by atoms with Gasteiger partial charge in [-0.25, -0.2) is 0 Å². The fourth-order valence-corrected chi connectivity index (χ4v) is 3.64. The number of ether oxygens (including phenoxy) is 2. The lowest BCUT2D eigenvalue weighted by molar-refractivity contribution is 0.0738. The van der Waals surface area contributed by atoms with Crippen molar-refractivity contribution < 1.29 is 14.6 Å². The summed E-state index contributed by atoms with van der Waals surface area (Å²) < 4.78 is 12.2. The normalized spacial score (nSPS) is 29.1. The second-order valence-electron chi connectivity index (χ2n) is 5.21. The molecule has 3 atom stereocenters. The minimum absolute atomic E-state index is 0.209. The molecule has 0 saturated carbocycles. The number of benzene rings is 1. The van der Waals surface area contributed by atoms with Crippen molar-refractivity contribution in [3.63, 3.8) is 0 Å². The van der Waals surface area contributed by atoms with E-state index < -0.39 is 0 Å². The molecule has 2 aliphatic heterocycles. The summed E-state index contributed by atoms with van der Waals surface area (Å²) >= 11 is 3.49.